The molecule has 1 amide bonds. The fourth-order valence-corrected chi connectivity index (χ4v) is 2.38. The van der Waals surface area contributed by atoms with Crippen molar-refractivity contribution in [1.82, 2.24) is 10.6 Å². The van der Waals surface area contributed by atoms with Gasteiger partial charge in [0.1, 0.15) is 0 Å². The van der Waals surface area contributed by atoms with Crippen LogP contribution in [0, 0.1) is 5.92 Å². The molecular weight excluding hydrogens is 216 g/mol. The van der Waals surface area contributed by atoms with Gasteiger partial charge in [0.15, 0.2) is 0 Å². The van der Waals surface area contributed by atoms with E-state index in [1.54, 1.807) is 0 Å². The minimum absolute atomic E-state index is 0.0318. The van der Waals surface area contributed by atoms with Crippen molar-refractivity contribution in [3.05, 3.63) is 0 Å². The molecule has 0 spiro atoms. The van der Waals surface area contributed by atoms with Crippen molar-refractivity contribution in [3.8, 4) is 0 Å². The molecule has 1 aliphatic carbocycles. The molecule has 1 saturated carbocycles. The molecule has 0 saturated heterocycles. The van der Waals surface area contributed by atoms with Gasteiger partial charge in [0.25, 0.3) is 0 Å². The highest BCUT2D eigenvalue weighted by atomic mass is 16.3. The number of hydrogen-bond donors (Lipinski definition) is 3. The van der Waals surface area contributed by atoms with E-state index in [2.05, 4.69) is 24.5 Å². The van der Waals surface area contributed by atoms with Gasteiger partial charge in [-0.1, -0.05) is 26.7 Å². The third-order valence-corrected chi connectivity index (χ3v) is 3.25. The number of amides is 1. The van der Waals surface area contributed by atoms with Crippen LogP contribution in [-0.2, 0) is 4.79 Å². The first-order valence-corrected chi connectivity index (χ1v) is 6.75. The van der Waals surface area contributed by atoms with Crippen LogP contribution >= 0.6 is 0 Å². The average molecular weight is 242 g/mol. The molecule has 1 atom stereocenters. The molecule has 1 unspecified atom stereocenters. The van der Waals surface area contributed by atoms with Gasteiger partial charge in [0.2, 0.25) is 5.91 Å². The standard InChI is InChI=1S/C13H26N2O2/c1-10(2)7-12(9-16)14-8-13(17)15-11-5-3-4-6-11/h10-12,14,16H,3-9H2,1-2H3,(H,15,17). The summed E-state index contributed by atoms with van der Waals surface area (Å²) in [5.74, 6) is 0.580. The summed E-state index contributed by atoms with van der Waals surface area (Å²) in [7, 11) is 0. The number of carbonyl (C=O) groups is 1. The summed E-state index contributed by atoms with van der Waals surface area (Å²) in [5.41, 5.74) is 0. The van der Waals surface area contributed by atoms with Gasteiger partial charge in [-0.25, -0.2) is 0 Å². The molecule has 4 heteroatoms. The van der Waals surface area contributed by atoms with Crippen LogP contribution in [0.25, 0.3) is 0 Å². The van der Waals surface area contributed by atoms with E-state index in [0.717, 1.165) is 19.3 Å². The first kappa shape index (κ1) is 14.5. The van der Waals surface area contributed by atoms with E-state index in [0.29, 0.717) is 18.5 Å². The average Bonchev–Trinajstić information content (AvgIpc) is 2.76. The Morgan fingerprint density at radius 2 is 2.00 bits per heavy atom. The minimum Gasteiger partial charge on any atom is -0.395 e. The Morgan fingerprint density at radius 3 is 2.53 bits per heavy atom. The highest BCUT2D eigenvalue weighted by Gasteiger charge is 2.17. The van der Waals surface area contributed by atoms with Crippen LogP contribution in [0.5, 0.6) is 0 Å². The summed E-state index contributed by atoms with van der Waals surface area (Å²) in [6, 6.07) is 0.409. The maximum absolute atomic E-state index is 11.6. The van der Waals surface area contributed by atoms with Crippen LogP contribution in [0.15, 0.2) is 0 Å². The largest absolute Gasteiger partial charge is 0.395 e. The van der Waals surface area contributed by atoms with Gasteiger partial charge in [-0.05, 0) is 25.2 Å². The van der Waals surface area contributed by atoms with Crippen LogP contribution < -0.4 is 10.6 Å². The van der Waals surface area contributed by atoms with Crippen molar-refractivity contribution in [3.63, 3.8) is 0 Å². The molecule has 0 aliphatic heterocycles. The molecule has 0 bridgehead atoms. The number of carbonyl (C=O) groups excluding carboxylic acids is 1. The second-order valence-electron chi connectivity index (χ2n) is 5.44. The Hall–Kier alpha value is -0.610. The van der Waals surface area contributed by atoms with Crippen LogP contribution in [0.2, 0.25) is 0 Å². The van der Waals surface area contributed by atoms with Gasteiger partial charge < -0.3 is 15.7 Å². The summed E-state index contributed by atoms with van der Waals surface area (Å²) in [6.45, 7) is 4.63. The zero-order valence-corrected chi connectivity index (χ0v) is 11.0. The number of aliphatic hydroxyl groups is 1. The van der Waals surface area contributed by atoms with Gasteiger partial charge in [-0.2, -0.15) is 0 Å². The van der Waals surface area contributed by atoms with Crippen LogP contribution in [0.1, 0.15) is 46.0 Å². The van der Waals surface area contributed by atoms with Gasteiger partial charge in [-0.3, -0.25) is 4.79 Å². The normalized spacial score (nSPS) is 18.6. The van der Waals surface area contributed by atoms with Crippen LogP contribution in [-0.4, -0.2) is 36.2 Å². The lowest BCUT2D eigenvalue weighted by molar-refractivity contribution is -0.121. The van der Waals surface area contributed by atoms with Crippen LogP contribution in [0.4, 0.5) is 0 Å². The SMILES string of the molecule is CC(C)CC(CO)NCC(=O)NC1CCCC1. The molecule has 1 rings (SSSR count). The van der Waals surface area contributed by atoms with Crippen molar-refractivity contribution in [2.75, 3.05) is 13.2 Å². The molecule has 100 valence electrons. The van der Waals surface area contributed by atoms with Crippen molar-refractivity contribution >= 4 is 5.91 Å². The van der Waals surface area contributed by atoms with E-state index in [1.165, 1.54) is 12.8 Å². The maximum atomic E-state index is 11.6. The lowest BCUT2D eigenvalue weighted by Crippen LogP contribution is -2.43. The van der Waals surface area contributed by atoms with E-state index in [1.807, 2.05) is 0 Å². The number of nitrogens with one attached hydrogen (secondary N) is 2. The Balaban J connectivity index is 2.16. The second-order valence-corrected chi connectivity index (χ2v) is 5.44. The van der Waals surface area contributed by atoms with E-state index in [9.17, 15) is 9.90 Å². The molecule has 0 radical (unpaired) electrons. The van der Waals surface area contributed by atoms with E-state index in [4.69, 9.17) is 0 Å². The van der Waals surface area contributed by atoms with Crippen molar-refractivity contribution < 1.29 is 9.90 Å². The molecule has 1 aliphatic rings. The summed E-state index contributed by atoms with van der Waals surface area (Å²) in [4.78, 5) is 11.6. The first-order valence-electron chi connectivity index (χ1n) is 6.75. The summed E-state index contributed by atoms with van der Waals surface area (Å²) >= 11 is 0. The van der Waals surface area contributed by atoms with Crippen molar-refractivity contribution in [1.29, 1.82) is 0 Å². The lowest BCUT2D eigenvalue weighted by Gasteiger charge is -2.19. The number of aliphatic hydroxyl groups excluding tert-OH is 1. The zero-order valence-electron chi connectivity index (χ0n) is 11.0. The smallest absolute Gasteiger partial charge is 0.234 e. The Bertz CT molecular complexity index is 225. The molecule has 0 aromatic rings. The topological polar surface area (TPSA) is 61.4 Å². The Labute approximate surface area is 104 Å². The summed E-state index contributed by atoms with van der Waals surface area (Å²) < 4.78 is 0. The molecule has 0 heterocycles. The molecular formula is C13H26N2O2. The molecule has 4 nitrogen and oxygen atoms in total. The van der Waals surface area contributed by atoms with E-state index in [-0.39, 0.29) is 18.6 Å². The van der Waals surface area contributed by atoms with Crippen molar-refractivity contribution in [2.24, 2.45) is 5.92 Å². The molecule has 3 N–H and O–H groups in total. The lowest BCUT2D eigenvalue weighted by atomic mass is 10.0. The van der Waals surface area contributed by atoms with Gasteiger partial charge in [0, 0.05) is 12.1 Å². The zero-order chi connectivity index (χ0) is 12.7. The maximum Gasteiger partial charge on any atom is 0.234 e. The first-order chi connectivity index (χ1) is 8.11. The molecule has 1 fully saturated rings. The predicted molar refractivity (Wildman–Crippen MR) is 68.7 cm³/mol. The Kier molecular flexibility index (Phi) is 6.52. The molecule has 0 aromatic carbocycles. The molecule has 17 heavy (non-hydrogen) atoms. The van der Waals surface area contributed by atoms with Gasteiger partial charge in [0.05, 0.1) is 13.2 Å². The number of hydrogen-bond acceptors (Lipinski definition) is 3. The van der Waals surface area contributed by atoms with E-state index >= 15 is 0 Å². The highest BCUT2D eigenvalue weighted by Crippen LogP contribution is 2.17. The quantitative estimate of drug-likeness (QED) is 0.625. The van der Waals surface area contributed by atoms with E-state index < -0.39 is 0 Å². The Morgan fingerprint density at radius 1 is 1.35 bits per heavy atom. The minimum atomic E-state index is 0.0318. The third-order valence-electron chi connectivity index (χ3n) is 3.25. The highest BCUT2D eigenvalue weighted by molar-refractivity contribution is 5.78. The summed E-state index contributed by atoms with van der Waals surface area (Å²) in [5, 5.41) is 15.3. The monoisotopic (exact) mass is 242 g/mol. The summed E-state index contributed by atoms with van der Waals surface area (Å²) in [6.07, 6.45) is 5.57. The number of rotatable bonds is 7. The predicted octanol–water partition coefficient (Wildman–Crippen LogP) is 1.04. The second kappa shape index (κ2) is 7.67. The van der Waals surface area contributed by atoms with Crippen molar-refractivity contribution in [2.45, 2.75) is 58.0 Å². The molecule has 0 aromatic heterocycles. The fourth-order valence-electron chi connectivity index (χ4n) is 2.38. The van der Waals surface area contributed by atoms with Gasteiger partial charge in [-0.15, -0.1) is 0 Å². The van der Waals surface area contributed by atoms with Crippen LogP contribution in [0.3, 0.4) is 0 Å². The van der Waals surface area contributed by atoms with Gasteiger partial charge >= 0.3 is 0 Å². The fraction of sp³-hybridized carbons (Fsp3) is 0.923. The third kappa shape index (κ3) is 6.03.